The van der Waals surface area contributed by atoms with Crippen LogP contribution in [-0.2, 0) is 4.79 Å². The van der Waals surface area contributed by atoms with Gasteiger partial charge in [0.1, 0.15) is 22.6 Å². The largest absolute Gasteiger partial charge is 0.497 e. The van der Waals surface area contributed by atoms with Crippen molar-refractivity contribution in [3.05, 3.63) is 66.2 Å². The molecule has 3 rings (SSSR count). The van der Waals surface area contributed by atoms with Crippen molar-refractivity contribution in [3.8, 4) is 28.8 Å². The highest BCUT2D eigenvalue weighted by atomic mass is 32.2. The third kappa shape index (κ3) is 6.50. The molecule has 0 aliphatic carbocycles. The molecule has 2 aromatic carbocycles. The van der Waals surface area contributed by atoms with Crippen LogP contribution in [0.15, 0.2) is 65.7 Å². The molecule has 0 saturated heterocycles. The SMILES string of the molecule is CCCCOc1ccc(NC(=O)CSc2nc(-c3ccc(OC)cc3)ccc2C#N)cc1. The summed E-state index contributed by atoms with van der Waals surface area (Å²) >= 11 is 1.24. The smallest absolute Gasteiger partial charge is 0.234 e. The lowest BCUT2D eigenvalue weighted by atomic mass is 10.1. The van der Waals surface area contributed by atoms with Gasteiger partial charge in [0.2, 0.25) is 5.91 Å². The highest BCUT2D eigenvalue weighted by Crippen LogP contribution is 2.27. The number of thioether (sulfide) groups is 1. The molecule has 0 saturated carbocycles. The predicted octanol–water partition coefficient (Wildman–Crippen LogP) is 5.54. The monoisotopic (exact) mass is 447 g/mol. The van der Waals surface area contributed by atoms with Crippen LogP contribution in [0.1, 0.15) is 25.3 Å². The fourth-order valence-corrected chi connectivity index (χ4v) is 3.63. The van der Waals surface area contributed by atoms with Gasteiger partial charge in [0.25, 0.3) is 0 Å². The first kappa shape index (κ1) is 23.2. The average Bonchev–Trinajstić information content (AvgIpc) is 2.84. The molecule has 6 nitrogen and oxygen atoms in total. The van der Waals surface area contributed by atoms with Gasteiger partial charge in [0.05, 0.1) is 30.7 Å². The number of hydrogen-bond acceptors (Lipinski definition) is 6. The molecule has 1 aromatic heterocycles. The number of ether oxygens (including phenoxy) is 2. The van der Waals surface area contributed by atoms with Crippen LogP contribution in [0, 0.1) is 11.3 Å². The maximum absolute atomic E-state index is 12.4. The Morgan fingerprint density at radius 3 is 2.44 bits per heavy atom. The van der Waals surface area contributed by atoms with Gasteiger partial charge in [0, 0.05) is 11.3 Å². The summed E-state index contributed by atoms with van der Waals surface area (Å²) in [5.41, 5.74) is 2.77. The van der Waals surface area contributed by atoms with E-state index in [-0.39, 0.29) is 11.7 Å². The number of benzene rings is 2. The molecule has 0 spiro atoms. The van der Waals surface area contributed by atoms with Crippen LogP contribution in [0.25, 0.3) is 11.3 Å². The Morgan fingerprint density at radius 1 is 1.06 bits per heavy atom. The number of unbranched alkanes of at least 4 members (excludes halogenated alkanes) is 1. The maximum atomic E-state index is 12.4. The zero-order chi connectivity index (χ0) is 22.8. The quantitative estimate of drug-likeness (QED) is 0.325. The van der Waals surface area contributed by atoms with E-state index >= 15 is 0 Å². The molecule has 164 valence electrons. The molecular weight excluding hydrogens is 422 g/mol. The molecule has 1 N–H and O–H groups in total. The van der Waals surface area contributed by atoms with E-state index < -0.39 is 0 Å². The minimum Gasteiger partial charge on any atom is -0.497 e. The highest BCUT2D eigenvalue weighted by Gasteiger charge is 2.11. The van der Waals surface area contributed by atoms with Crippen molar-refractivity contribution < 1.29 is 14.3 Å². The third-order valence-electron chi connectivity index (χ3n) is 4.61. The number of nitrogens with one attached hydrogen (secondary N) is 1. The van der Waals surface area contributed by atoms with E-state index in [1.165, 1.54) is 11.8 Å². The number of amides is 1. The second-order valence-corrected chi connectivity index (χ2v) is 7.92. The topological polar surface area (TPSA) is 84.2 Å². The van der Waals surface area contributed by atoms with Crippen molar-refractivity contribution in [2.24, 2.45) is 0 Å². The van der Waals surface area contributed by atoms with E-state index in [0.29, 0.717) is 22.9 Å². The average molecular weight is 448 g/mol. The molecule has 7 heteroatoms. The Bertz CT molecular complexity index is 1080. The van der Waals surface area contributed by atoms with Gasteiger partial charge < -0.3 is 14.8 Å². The first-order valence-corrected chi connectivity index (χ1v) is 11.3. The Kier molecular flexibility index (Phi) is 8.52. The molecule has 0 aliphatic heterocycles. The number of carbonyl (C=O) groups is 1. The number of nitriles is 1. The first-order valence-electron chi connectivity index (χ1n) is 10.3. The van der Waals surface area contributed by atoms with E-state index in [1.807, 2.05) is 48.5 Å². The minimum atomic E-state index is -0.171. The van der Waals surface area contributed by atoms with Gasteiger partial charge in [-0.1, -0.05) is 25.1 Å². The van der Waals surface area contributed by atoms with Gasteiger partial charge in [-0.3, -0.25) is 4.79 Å². The second kappa shape index (κ2) is 11.8. The summed E-state index contributed by atoms with van der Waals surface area (Å²) in [5, 5.41) is 12.8. The Hall–Kier alpha value is -3.50. The van der Waals surface area contributed by atoms with Crippen LogP contribution in [0.2, 0.25) is 0 Å². The molecular formula is C25H25N3O3S. The number of anilines is 1. The summed E-state index contributed by atoms with van der Waals surface area (Å²) in [4.78, 5) is 17.0. The number of hydrogen-bond donors (Lipinski definition) is 1. The molecule has 3 aromatic rings. The van der Waals surface area contributed by atoms with Crippen LogP contribution in [0.3, 0.4) is 0 Å². The summed E-state index contributed by atoms with van der Waals surface area (Å²) in [6.07, 6.45) is 2.09. The summed E-state index contributed by atoms with van der Waals surface area (Å²) < 4.78 is 10.8. The number of carbonyl (C=O) groups excluding carboxylic acids is 1. The molecule has 0 fully saturated rings. The fourth-order valence-electron chi connectivity index (χ4n) is 2.86. The van der Waals surface area contributed by atoms with Crippen molar-refractivity contribution in [2.45, 2.75) is 24.8 Å². The number of nitrogens with zero attached hydrogens (tertiary/aromatic N) is 2. The minimum absolute atomic E-state index is 0.141. The van der Waals surface area contributed by atoms with E-state index in [0.717, 1.165) is 35.6 Å². The fraction of sp³-hybridized carbons (Fsp3) is 0.240. The van der Waals surface area contributed by atoms with Crippen LogP contribution >= 0.6 is 11.8 Å². The van der Waals surface area contributed by atoms with Gasteiger partial charge in [-0.25, -0.2) is 4.98 Å². The molecule has 32 heavy (non-hydrogen) atoms. The standard InChI is InChI=1S/C25H25N3O3S/c1-3-4-15-31-22-12-8-20(9-13-22)27-24(29)17-32-25-19(16-26)7-14-23(28-25)18-5-10-21(30-2)11-6-18/h5-14H,3-4,15,17H2,1-2H3,(H,27,29). The Labute approximate surface area is 192 Å². The van der Waals surface area contributed by atoms with E-state index in [2.05, 4.69) is 23.3 Å². The highest BCUT2D eigenvalue weighted by molar-refractivity contribution is 8.00. The number of pyridine rings is 1. The third-order valence-corrected chi connectivity index (χ3v) is 5.60. The van der Waals surface area contributed by atoms with Crippen molar-refractivity contribution in [1.29, 1.82) is 5.26 Å². The van der Waals surface area contributed by atoms with Gasteiger partial charge >= 0.3 is 0 Å². The van der Waals surface area contributed by atoms with Crippen molar-refractivity contribution in [2.75, 3.05) is 24.8 Å². The normalized spacial score (nSPS) is 10.3. The summed E-state index contributed by atoms with van der Waals surface area (Å²) in [6, 6.07) is 20.5. The Morgan fingerprint density at radius 2 is 1.78 bits per heavy atom. The summed E-state index contributed by atoms with van der Waals surface area (Å²) in [7, 11) is 1.62. The zero-order valence-electron chi connectivity index (χ0n) is 18.1. The maximum Gasteiger partial charge on any atom is 0.234 e. The van der Waals surface area contributed by atoms with Crippen LogP contribution in [-0.4, -0.2) is 30.4 Å². The lowest BCUT2D eigenvalue weighted by Crippen LogP contribution is -2.14. The van der Waals surface area contributed by atoms with E-state index in [9.17, 15) is 10.1 Å². The predicted molar refractivity (Wildman–Crippen MR) is 127 cm³/mol. The van der Waals surface area contributed by atoms with Crippen LogP contribution in [0.4, 0.5) is 5.69 Å². The van der Waals surface area contributed by atoms with E-state index in [1.54, 1.807) is 19.2 Å². The van der Waals surface area contributed by atoms with Crippen molar-refractivity contribution >= 4 is 23.4 Å². The van der Waals surface area contributed by atoms with Gasteiger partial charge in [-0.2, -0.15) is 5.26 Å². The number of methoxy groups -OCH3 is 1. The molecule has 0 unspecified atom stereocenters. The van der Waals surface area contributed by atoms with E-state index in [4.69, 9.17) is 9.47 Å². The molecule has 0 bridgehead atoms. The lowest BCUT2D eigenvalue weighted by Gasteiger charge is -2.09. The van der Waals surface area contributed by atoms with Crippen molar-refractivity contribution in [3.63, 3.8) is 0 Å². The molecule has 1 heterocycles. The number of aromatic nitrogens is 1. The van der Waals surface area contributed by atoms with Gasteiger partial charge in [-0.15, -0.1) is 0 Å². The van der Waals surface area contributed by atoms with Crippen LogP contribution < -0.4 is 14.8 Å². The van der Waals surface area contributed by atoms with Gasteiger partial charge in [0.15, 0.2) is 0 Å². The van der Waals surface area contributed by atoms with Gasteiger partial charge in [-0.05, 0) is 67.1 Å². The Balaban J connectivity index is 1.61. The zero-order valence-corrected chi connectivity index (χ0v) is 18.9. The second-order valence-electron chi connectivity index (χ2n) is 6.95. The van der Waals surface area contributed by atoms with Crippen molar-refractivity contribution in [1.82, 2.24) is 4.98 Å². The van der Waals surface area contributed by atoms with Crippen LogP contribution in [0.5, 0.6) is 11.5 Å². The first-order chi connectivity index (χ1) is 15.6. The molecule has 0 radical (unpaired) electrons. The summed E-state index contributed by atoms with van der Waals surface area (Å²) in [6.45, 7) is 2.80. The molecule has 0 aliphatic rings. The number of rotatable bonds is 10. The molecule has 1 amide bonds. The molecule has 0 atom stereocenters. The lowest BCUT2D eigenvalue weighted by molar-refractivity contribution is -0.113. The summed E-state index contributed by atoms with van der Waals surface area (Å²) in [5.74, 6) is 1.51.